The van der Waals surface area contributed by atoms with Crippen molar-refractivity contribution >= 4 is 0 Å². The van der Waals surface area contributed by atoms with Crippen LogP contribution < -0.4 is 10.1 Å². The molecule has 1 aromatic rings. The lowest BCUT2D eigenvalue weighted by molar-refractivity contribution is 0.366. The van der Waals surface area contributed by atoms with Gasteiger partial charge in [0.2, 0.25) is 5.88 Å². The predicted octanol–water partition coefficient (Wildman–Crippen LogP) is 1.31. The highest BCUT2D eigenvalue weighted by Gasteiger charge is 2.19. The van der Waals surface area contributed by atoms with Gasteiger partial charge in [0.15, 0.2) is 5.82 Å². The fraction of sp³-hybridized carbons (Fsp3) is 0.500. The number of nitrogens with one attached hydrogen (secondary N) is 1. The highest BCUT2D eigenvalue weighted by molar-refractivity contribution is 5.21. The lowest BCUT2D eigenvalue weighted by Crippen LogP contribution is -2.09. The molecule has 2 heterocycles. The summed E-state index contributed by atoms with van der Waals surface area (Å²) in [7, 11) is 1.43. The summed E-state index contributed by atoms with van der Waals surface area (Å²) >= 11 is 0. The van der Waals surface area contributed by atoms with Crippen LogP contribution in [0.4, 0.5) is 4.39 Å². The minimum absolute atomic E-state index is 0.0920. The van der Waals surface area contributed by atoms with Crippen molar-refractivity contribution in [2.45, 2.75) is 12.3 Å². The van der Waals surface area contributed by atoms with Crippen molar-refractivity contribution in [1.82, 2.24) is 10.3 Å². The van der Waals surface area contributed by atoms with Crippen LogP contribution in [0.15, 0.2) is 12.1 Å². The van der Waals surface area contributed by atoms with Gasteiger partial charge in [0.25, 0.3) is 0 Å². The maximum Gasteiger partial charge on any atom is 0.250 e. The van der Waals surface area contributed by atoms with Crippen LogP contribution in [0.25, 0.3) is 0 Å². The summed E-state index contributed by atoms with van der Waals surface area (Å²) in [4.78, 5) is 4.14. The van der Waals surface area contributed by atoms with E-state index in [2.05, 4.69) is 10.3 Å². The SMILES string of the molecule is COc1nc(C2CCNC2)ccc1F. The second-order valence-corrected chi connectivity index (χ2v) is 3.42. The number of methoxy groups -OCH3 is 1. The highest BCUT2D eigenvalue weighted by atomic mass is 19.1. The fourth-order valence-corrected chi connectivity index (χ4v) is 1.72. The van der Waals surface area contributed by atoms with E-state index in [0.717, 1.165) is 25.2 Å². The van der Waals surface area contributed by atoms with E-state index < -0.39 is 5.82 Å². The first-order valence-electron chi connectivity index (χ1n) is 4.72. The van der Waals surface area contributed by atoms with Crippen LogP contribution >= 0.6 is 0 Å². The number of rotatable bonds is 2. The number of aromatic nitrogens is 1. The van der Waals surface area contributed by atoms with Crippen LogP contribution in [0.1, 0.15) is 18.0 Å². The van der Waals surface area contributed by atoms with Gasteiger partial charge in [-0.2, -0.15) is 0 Å². The number of pyridine rings is 1. The first kappa shape index (κ1) is 9.40. The minimum Gasteiger partial charge on any atom is -0.479 e. The van der Waals surface area contributed by atoms with Gasteiger partial charge in [-0.25, -0.2) is 9.37 Å². The maximum absolute atomic E-state index is 13.1. The van der Waals surface area contributed by atoms with Crippen LogP contribution in [-0.4, -0.2) is 25.2 Å². The molecule has 76 valence electrons. The molecule has 1 fully saturated rings. The molecule has 1 aromatic heterocycles. The van der Waals surface area contributed by atoms with Crippen molar-refractivity contribution in [3.05, 3.63) is 23.6 Å². The van der Waals surface area contributed by atoms with Crippen molar-refractivity contribution in [2.75, 3.05) is 20.2 Å². The molecule has 1 N–H and O–H groups in total. The Morgan fingerprint density at radius 1 is 1.57 bits per heavy atom. The Hall–Kier alpha value is -1.16. The summed E-state index contributed by atoms with van der Waals surface area (Å²) in [6, 6.07) is 3.15. The van der Waals surface area contributed by atoms with E-state index >= 15 is 0 Å². The Morgan fingerprint density at radius 3 is 3.07 bits per heavy atom. The van der Waals surface area contributed by atoms with Gasteiger partial charge in [0.05, 0.1) is 7.11 Å². The zero-order valence-corrected chi connectivity index (χ0v) is 8.09. The average molecular weight is 196 g/mol. The quantitative estimate of drug-likeness (QED) is 0.774. The minimum atomic E-state index is -0.401. The molecular weight excluding hydrogens is 183 g/mol. The Labute approximate surface area is 82.3 Å². The molecule has 0 amide bonds. The Bertz CT molecular complexity index is 324. The summed E-state index contributed by atoms with van der Waals surface area (Å²) < 4.78 is 17.9. The summed E-state index contributed by atoms with van der Waals surface area (Å²) in [5.74, 6) is 0.0844. The van der Waals surface area contributed by atoms with Crippen molar-refractivity contribution in [3.8, 4) is 5.88 Å². The largest absolute Gasteiger partial charge is 0.479 e. The topological polar surface area (TPSA) is 34.1 Å². The van der Waals surface area contributed by atoms with E-state index in [0.29, 0.717) is 5.92 Å². The van der Waals surface area contributed by atoms with E-state index in [4.69, 9.17) is 4.74 Å². The van der Waals surface area contributed by atoms with Gasteiger partial charge in [-0.1, -0.05) is 0 Å². The van der Waals surface area contributed by atoms with Gasteiger partial charge in [0, 0.05) is 18.2 Å². The zero-order chi connectivity index (χ0) is 9.97. The van der Waals surface area contributed by atoms with Gasteiger partial charge in [-0.05, 0) is 25.1 Å². The first-order chi connectivity index (χ1) is 6.81. The molecule has 0 radical (unpaired) electrons. The number of nitrogens with zero attached hydrogens (tertiary/aromatic N) is 1. The Balaban J connectivity index is 2.25. The summed E-state index contributed by atoms with van der Waals surface area (Å²) in [6.45, 7) is 1.92. The van der Waals surface area contributed by atoms with E-state index in [9.17, 15) is 4.39 Å². The third-order valence-electron chi connectivity index (χ3n) is 2.51. The number of hydrogen-bond donors (Lipinski definition) is 1. The normalized spacial score (nSPS) is 21.1. The molecule has 4 heteroatoms. The summed E-state index contributed by atoms with van der Waals surface area (Å²) in [6.07, 6.45) is 1.06. The lowest BCUT2D eigenvalue weighted by atomic mass is 10.0. The van der Waals surface area contributed by atoms with E-state index in [1.807, 2.05) is 0 Å². The molecule has 1 aliphatic rings. The molecule has 14 heavy (non-hydrogen) atoms. The Kier molecular flexibility index (Phi) is 2.63. The molecule has 1 aliphatic heterocycles. The van der Waals surface area contributed by atoms with Crippen molar-refractivity contribution in [2.24, 2.45) is 0 Å². The molecule has 0 bridgehead atoms. The van der Waals surface area contributed by atoms with Gasteiger partial charge in [-0.15, -0.1) is 0 Å². The molecule has 1 unspecified atom stereocenters. The highest BCUT2D eigenvalue weighted by Crippen LogP contribution is 2.23. The number of halogens is 1. The molecule has 0 aromatic carbocycles. The van der Waals surface area contributed by atoms with Crippen molar-refractivity contribution in [1.29, 1.82) is 0 Å². The maximum atomic E-state index is 13.1. The van der Waals surface area contributed by atoms with E-state index in [1.54, 1.807) is 6.07 Å². The van der Waals surface area contributed by atoms with Gasteiger partial charge >= 0.3 is 0 Å². The second-order valence-electron chi connectivity index (χ2n) is 3.42. The summed E-state index contributed by atoms with van der Waals surface area (Å²) in [5, 5.41) is 3.25. The molecule has 1 atom stereocenters. The van der Waals surface area contributed by atoms with Crippen molar-refractivity contribution < 1.29 is 9.13 Å². The third kappa shape index (κ3) is 1.70. The standard InChI is InChI=1S/C10H13FN2O/c1-14-10-8(11)2-3-9(13-10)7-4-5-12-6-7/h2-3,7,12H,4-6H2,1H3. The molecule has 0 saturated carbocycles. The Morgan fingerprint density at radius 2 is 2.43 bits per heavy atom. The van der Waals surface area contributed by atoms with Crippen molar-refractivity contribution in [3.63, 3.8) is 0 Å². The smallest absolute Gasteiger partial charge is 0.250 e. The predicted molar refractivity (Wildman–Crippen MR) is 51.0 cm³/mol. The number of hydrogen-bond acceptors (Lipinski definition) is 3. The third-order valence-corrected chi connectivity index (χ3v) is 2.51. The van der Waals surface area contributed by atoms with Gasteiger partial charge in [0.1, 0.15) is 0 Å². The zero-order valence-electron chi connectivity index (χ0n) is 8.09. The lowest BCUT2D eigenvalue weighted by Gasteiger charge is -2.09. The van der Waals surface area contributed by atoms with E-state index in [1.165, 1.54) is 13.2 Å². The summed E-state index contributed by atoms with van der Waals surface area (Å²) in [5.41, 5.74) is 0.910. The molecule has 2 rings (SSSR count). The fourth-order valence-electron chi connectivity index (χ4n) is 1.72. The van der Waals surface area contributed by atoms with Crippen LogP contribution in [-0.2, 0) is 0 Å². The molecule has 0 spiro atoms. The van der Waals surface area contributed by atoms with Crippen LogP contribution in [0.2, 0.25) is 0 Å². The van der Waals surface area contributed by atoms with Gasteiger partial charge < -0.3 is 10.1 Å². The van der Waals surface area contributed by atoms with Crippen LogP contribution in [0, 0.1) is 5.82 Å². The van der Waals surface area contributed by atoms with Gasteiger partial charge in [-0.3, -0.25) is 0 Å². The van der Waals surface area contributed by atoms with Crippen LogP contribution in [0.5, 0.6) is 5.88 Å². The van der Waals surface area contributed by atoms with Crippen LogP contribution in [0.3, 0.4) is 0 Å². The first-order valence-corrected chi connectivity index (χ1v) is 4.72. The number of ether oxygens (including phenoxy) is 1. The second kappa shape index (κ2) is 3.92. The molecule has 0 aliphatic carbocycles. The molecule has 3 nitrogen and oxygen atoms in total. The molecule has 1 saturated heterocycles. The van der Waals surface area contributed by atoms with E-state index in [-0.39, 0.29) is 5.88 Å². The molecular formula is C10H13FN2O. The average Bonchev–Trinajstić information content (AvgIpc) is 2.71. The monoisotopic (exact) mass is 196 g/mol.